The van der Waals surface area contributed by atoms with Crippen molar-refractivity contribution in [2.45, 2.75) is 41.0 Å². The van der Waals surface area contributed by atoms with Gasteiger partial charge in [-0.05, 0) is 36.0 Å². The average molecular weight is 448 g/mol. The second-order valence-corrected chi connectivity index (χ2v) is 10.2. The van der Waals surface area contributed by atoms with Crippen LogP contribution in [-0.2, 0) is 11.8 Å². The summed E-state index contributed by atoms with van der Waals surface area (Å²) >= 11 is 0. The quantitative estimate of drug-likeness (QED) is 0.632. The number of rotatable bonds is 5. The maximum Gasteiger partial charge on any atom is 0.183 e. The molecule has 0 aliphatic carbocycles. The number of Topliss-reactive ketones (excluding diaryl/α,β-unsaturated/α-hetero) is 1. The van der Waals surface area contributed by atoms with Crippen molar-refractivity contribution >= 4 is 17.1 Å². The van der Waals surface area contributed by atoms with Crippen molar-refractivity contribution in [3.05, 3.63) is 47.4 Å². The van der Waals surface area contributed by atoms with Gasteiger partial charge in [0.15, 0.2) is 5.78 Å². The van der Waals surface area contributed by atoms with Crippen LogP contribution in [0.5, 0.6) is 11.5 Å². The number of aliphatic imine (C=N–C) groups is 1. The molecule has 0 saturated heterocycles. The number of carbonyl (C=O) groups excluding carboxylic acids is 1. The van der Waals surface area contributed by atoms with Gasteiger partial charge in [-0.25, -0.2) is 4.98 Å². The van der Waals surface area contributed by atoms with E-state index in [0.717, 1.165) is 51.5 Å². The van der Waals surface area contributed by atoms with Crippen molar-refractivity contribution in [2.24, 2.45) is 23.4 Å². The highest BCUT2D eigenvalue weighted by molar-refractivity contribution is 6.49. The number of carbonyl (C=O) groups is 1. The number of fused-ring (bicyclic) bond motifs is 2. The molecule has 0 N–H and O–H groups in total. The van der Waals surface area contributed by atoms with E-state index in [4.69, 9.17) is 9.47 Å². The summed E-state index contributed by atoms with van der Waals surface area (Å²) in [5, 5.41) is 0. The second-order valence-electron chi connectivity index (χ2n) is 10.2. The zero-order chi connectivity index (χ0) is 24.1. The van der Waals surface area contributed by atoms with E-state index < -0.39 is 0 Å². The van der Waals surface area contributed by atoms with Crippen LogP contribution in [0, 0.1) is 18.3 Å². The van der Waals surface area contributed by atoms with Crippen LogP contribution < -0.4 is 9.47 Å². The fourth-order valence-corrected chi connectivity index (χ4v) is 4.79. The van der Waals surface area contributed by atoms with Crippen LogP contribution in [-0.4, -0.2) is 41.3 Å². The first-order chi connectivity index (χ1) is 15.5. The summed E-state index contributed by atoms with van der Waals surface area (Å²) in [6.45, 7) is 15.4. The standard InChI is InChI=1S/C27H33N3O3/c1-15(11-27(4,5)6)26(31)25-20-14-33-23-10-22(32-8)18(21-13-28-17(3)30(21)7)9-19(23)24(20)16(2)12-29-25/h9-10,13,15H,2,11-12,14H2,1,3-8H3. The number of aromatic nitrogens is 2. The first-order valence-corrected chi connectivity index (χ1v) is 11.4. The molecule has 6 heteroatoms. The normalized spacial score (nSPS) is 16.6. The topological polar surface area (TPSA) is 65.7 Å². The lowest BCUT2D eigenvalue weighted by molar-refractivity contribution is -0.116. The minimum Gasteiger partial charge on any atom is -0.496 e. The molecular weight excluding hydrogens is 414 g/mol. The van der Waals surface area contributed by atoms with Crippen LogP contribution in [0.3, 0.4) is 0 Å². The summed E-state index contributed by atoms with van der Waals surface area (Å²) in [4.78, 5) is 22.5. The minimum atomic E-state index is -0.117. The summed E-state index contributed by atoms with van der Waals surface area (Å²) in [6.07, 6.45) is 2.64. The Hall–Kier alpha value is -3.15. The van der Waals surface area contributed by atoms with Crippen molar-refractivity contribution in [1.82, 2.24) is 9.55 Å². The molecule has 1 aromatic heterocycles. The lowest BCUT2D eigenvalue weighted by atomic mass is 9.79. The van der Waals surface area contributed by atoms with Crippen molar-refractivity contribution in [3.8, 4) is 22.8 Å². The Kier molecular flexibility index (Phi) is 5.81. The summed E-state index contributed by atoms with van der Waals surface area (Å²) in [5.74, 6) is 2.31. The Balaban J connectivity index is 1.83. The number of dihydropyridines is 1. The molecule has 0 saturated carbocycles. The minimum absolute atomic E-state index is 0.0630. The average Bonchev–Trinajstić information content (AvgIpc) is 3.09. The molecule has 4 rings (SSSR count). The van der Waals surface area contributed by atoms with Gasteiger partial charge in [-0.15, -0.1) is 0 Å². The van der Waals surface area contributed by atoms with Crippen LogP contribution in [0.2, 0.25) is 0 Å². The molecule has 1 aromatic carbocycles. The van der Waals surface area contributed by atoms with E-state index >= 15 is 0 Å². The third kappa shape index (κ3) is 4.14. The maximum absolute atomic E-state index is 13.4. The molecule has 2 aromatic rings. The maximum atomic E-state index is 13.4. The lowest BCUT2D eigenvalue weighted by Gasteiger charge is -2.31. The van der Waals surface area contributed by atoms with E-state index in [0.29, 0.717) is 24.6 Å². The van der Waals surface area contributed by atoms with Crippen LogP contribution in [0.1, 0.15) is 45.5 Å². The SMILES string of the molecule is C=C1CN=C(C(=O)C(C)CC(C)(C)C)C2=C1c1cc(-c3cnc(C)n3C)c(OC)cc1OC2. The summed E-state index contributed by atoms with van der Waals surface area (Å²) in [7, 11) is 3.64. The summed E-state index contributed by atoms with van der Waals surface area (Å²) in [5.41, 5.74) is 6.08. The van der Waals surface area contributed by atoms with Gasteiger partial charge in [0.1, 0.15) is 29.6 Å². The summed E-state index contributed by atoms with van der Waals surface area (Å²) in [6, 6.07) is 3.98. The monoisotopic (exact) mass is 447 g/mol. The van der Waals surface area contributed by atoms with E-state index in [1.807, 2.05) is 37.7 Å². The predicted octanol–water partition coefficient (Wildman–Crippen LogP) is 5.20. The van der Waals surface area contributed by atoms with E-state index in [1.165, 1.54) is 0 Å². The van der Waals surface area contributed by atoms with Crippen molar-refractivity contribution in [1.29, 1.82) is 0 Å². The van der Waals surface area contributed by atoms with Gasteiger partial charge in [-0.3, -0.25) is 9.79 Å². The lowest BCUT2D eigenvalue weighted by Crippen LogP contribution is -2.33. The van der Waals surface area contributed by atoms with Gasteiger partial charge in [0, 0.05) is 35.7 Å². The highest BCUT2D eigenvalue weighted by Gasteiger charge is 2.34. The molecule has 3 heterocycles. The Morgan fingerprint density at radius 3 is 2.64 bits per heavy atom. The molecule has 1 unspecified atom stereocenters. The number of benzene rings is 1. The molecule has 174 valence electrons. The first kappa shape index (κ1) is 23.0. The number of ketones is 1. The van der Waals surface area contributed by atoms with Gasteiger partial charge >= 0.3 is 0 Å². The van der Waals surface area contributed by atoms with Gasteiger partial charge in [-0.2, -0.15) is 0 Å². The first-order valence-electron chi connectivity index (χ1n) is 11.4. The van der Waals surface area contributed by atoms with Gasteiger partial charge in [0.25, 0.3) is 0 Å². The van der Waals surface area contributed by atoms with Gasteiger partial charge in [0.2, 0.25) is 0 Å². The van der Waals surface area contributed by atoms with E-state index in [9.17, 15) is 4.79 Å². The van der Waals surface area contributed by atoms with Crippen LogP contribution in [0.25, 0.3) is 16.8 Å². The molecule has 33 heavy (non-hydrogen) atoms. The van der Waals surface area contributed by atoms with Crippen LogP contribution in [0.15, 0.2) is 41.0 Å². The van der Waals surface area contributed by atoms with Gasteiger partial charge in [-0.1, -0.05) is 34.3 Å². The number of aryl methyl sites for hydroxylation is 1. The number of imidazole rings is 1. The van der Waals surface area contributed by atoms with E-state index in [1.54, 1.807) is 7.11 Å². The van der Waals surface area contributed by atoms with Crippen LogP contribution in [0.4, 0.5) is 0 Å². The number of methoxy groups -OCH3 is 1. The largest absolute Gasteiger partial charge is 0.496 e. The zero-order valence-electron chi connectivity index (χ0n) is 20.7. The molecule has 6 nitrogen and oxygen atoms in total. The third-order valence-electron chi connectivity index (χ3n) is 6.41. The third-order valence-corrected chi connectivity index (χ3v) is 6.41. The number of nitrogens with zero attached hydrogens (tertiary/aromatic N) is 3. The van der Waals surface area contributed by atoms with Gasteiger partial charge in [0.05, 0.1) is 25.5 Å². The molecule has 0 spiro atoms. The fraction of sp³-hybridized carbons (Fsp3) is 0.444. The highest BCUT2D eigenvalue weighted by Crippen LogP contribution is 2.45. The number of ether oxygens (including phenoxy) is 2. The number of hydrogen-bond acceptors (Lipinski definition) is 5. The summed E-state index contributed by atoms with van der Waals surface area (Å²) < 4.78 is 13.9. The van der Waals surface area contributed by atoms with E-state index in [2.05, 4.69) is 43.4 Å². The smallest absolute Gasteiger partial charge is 0.183 e. The molecule has 0 bridgehead atoms. The van der Waals surface area contributed by atoms with Crippen molar-refractivity contribution in [3.63, 3.8) is 0 Å². The Labute approximate surface area is 196 Å². The zero-order valence-corrected chi connectivity index (χ0v) is 20.7. The van der Waals surface area contributed by atoms with Crippen molar-refractivity contribution < 1.29 is 14.3 Å². The van der Waals surface area contributed by atoms with E-state index in [-0.39, 0.29) is 17.1 Å². The highest BCUT2D eigenvalue weighted by atomic mass is 16.5. The molecule has 1 atom stereocenters. The molecule has 0 fully saturated rings. The van der Waals surface area contributed by atoms with Crippen molar-refractivity contribution in [2.75, 3.05) is 20.3 Å². The molecule has 0 radical (unpaired) electrons. The molecular formula is C27H33N3O3. The fourth-order valence-electron chi connectivity index (χ4n) is 4.79. The Morgan fingerprint density at radius 2 is 2.03 bits per heavy atom. The predicted molar refractivity (Wildman–Crippen MR) is 132 cm³/mol. The molecule has 2 aliphatic rings. The second kappa shape index (κ2) is 8.32. The number of hydrogen-bond donors (Lipinski definition) is 0. The molecule has 2 aliphatic heterocycles. The van der Waals surface area contributed by atoms with Gasteiger partial charge < -0.3 is 14.0 Å². The molecule has 0 amide bonds. The Bertz CT molecular complexity index is 1210. The van der Waals surface area contributed by atoms with Crippen LogP contribution >= 0.6 is 0 Å². The Morgan fingerprint density at radius 1 is 1.30 bits per heavy atom.